The first kappa shape index (κ1) is 15.8. The lowest BCUT2D eigenvalue weighted by atomic mass is 9.73. The standard InChI is InChI=1S/C15H25N3O3/c1-10-7-5-6-8-15(10)12(20)18(13(21)17-15)9-11(19)16-14(2,3)4/h10H,5-9H2,1-4H3,(H,16,19)(H,17,21)/t10-,15-/m0/s1. The van der Waals surface area contributed by atoms with E-state index in [1.807, 2.05) is 27.7 Å². The summed E-state index contributed by atoms with van der Waals surface area (Å²) in [6.07, 6.45) is 3.60. The summed E-state index contributed by atoms with van der Waals surface area (Å²) in [6.45, 7) is 7.37. The first-order valence-electron chi connectivity index (χ1n) is 7.61. The van der Waals surface area contributed by atoms with Crippen LogP contribution in [0.3, 0.4) is 0 Å². The Hall–Kier alpha value is -1.59. The first-order valence-corrected chi connectivity index (χ1v) is 7.61. The second-order valence-electron chi connectivity index (χ2n) is 7.24. The molecule has 118 valence electrons. The molecule has 1 spiro atoms. The third-order valence-corrected chi connectivity index (χ3v) is 4.32. The summed E-state index contributed by atoms with van der Waals surface area (Å²) in [5.41, 5.74) is -1.18. The lowest BCUT2D eigenvalue weighted by Crippen LogP contribution is -2.54. The molecule has 0 unspecified atom stereocenters. The van der Waals surface area contributed by atoms with Gasteiger partial charge in [-0.15, -0.1) is 0 Å². The lowest BCUT2D eigenvalue weighted by molar-refractivity contribution is -0.137. The maximum Gasteiger partial charge on any atom is 0.325 e. The molecule has 0 aromatic rings. The quantitative estimate of drug-likeness (QED) is 0.756. The smallest absolute Gasteiger partial charge is 0.325 e. The second-order valence-corrected chi connectivity index (χ2v) is 7.24. The maximum absolute atomic E-state index is 12.7. The van der Waals surface area contributed by atoms with Gasteiger partial charge in [0, 0.05) is 5.54 Å². The molecule has 0 radical (unpaired) electrons. The molecule has 2 rings (SSSR count). The molecule has 0 bridgehead atoms. The van der Waals surface area contributed by atoms with Gasteiger partial charge >= 0.3 is 6.03 Å². The van der Waals surface area contributed by atoms with Crippen LogP contribution in [0.25, 0.3) is 0 Å². The van der Waals surface area contributed by atoms with Crippen LogP contribution in [0.4, 0.5) is 4.79 Å². The van der Waals surface area contributed by atoms with Gasteiger partial charge in [-0.05, 0) is 39.5 Å². The normalized spacial score (nSPS) is 29.7. The molecule has 1 saturated heterocycles. The van der Waals surface area contributed by atoms with Crippen molar-refractivity contribution in [2.75, 3.05) is 6.54 Å². The van der Waals surface area contributed by atoms with Crippen molar-refractivity contribution in [2.24, 2.45) is 5.92 Å². The summed E-state index contributed by atoms with van der Waals surface area (Å²) in [5, 5.41) is 5.62. The van der Waals surface area contributed by atoms with E-state index in [0.717, 1.165) is 24.2 Å². The van der Waals surface area contributed by atoms with E-state index in [2.05, 4.69) is 10.6 Å². The van der Waals surface area contributed by atoms with Crippen molar-refractivity contribution in [3.05, 3.63) is 0 Å². The van der Waals surface area contributed by atoms with Gasteiger partial charge in [-0.25, -0.2) is 4.79 Å². The highest BCUT2D eigenvalue weighted by atomic mass is 16.2. The van der Waals surface area contributed by atoms with E-state index in [-0.39, 0.29) is 29.8 Å². The maximum atomic E-state index is 12.7. The van der Waals surface area contributed by atoms with E-state index in [0.29, 0.717) is 6.42 Å². The topological polar surface area (TPSA) is 78.5 Å². The number of nitrogens with zero attached hydrogens (tertiary/aromatic N) is 1. The molecule has 0 aromatic heterocycles. The van der Waals surface area contributed by atoms with Gasteiger partial charge in [0.2, 0.25) is 5.91 Å². The molecule has 6 heteroatoms. The van der Waals surface area contributed by atoms with Crippen LogP contribution in [0.5, 0.6) is 0 Å². The average molecular weight is 295 g/mol. The minimum absolute atomic E-state index is 0.110. The molecule has 6 nitrogen and oxygen atoms in total. The van der Waals surface area contributed by atoms with Crippen molar-refractivity contribution in [1.82, 2.24) is 15.5 Å². The third kappa shape index (κ3) is 3.04. The minimum Gasteiger partial charge on any atom is -0.350 e. The molecule has 1 saturated carbocycles. The molecule has 4 amide bonds. The Morgan fingerprint density at radius 1 is 1.38 bits per heavy atom. The lowest BCUT2D eigenvalue weighted by Gasteiger charge is -2.36. The molecule has 2 atom stereocenters. The Morgan fingerprint density at radius 3 is 2.62 bits per heavy atom. The van der Waals surface area contributed by atoms with Gasteiger partial charge < -0.3 is 10.6 Å². The van der Waals surface area contributed by atoms with Gasteiger partial charge in [0.15, 0.2) is 0 Å². The number of carbonyl (C=O) groups is 3. The zero-order valence-corrected chi connectivity index (χ0v) is 13.3. The van der Waals surface area contributed by atoms with E-state index in [4.69, 9.17) is 0 Å². The van der Waals surface area contributed by atoms with Crippen molar-refractivity contribution in [3.63, 3.8) is 0 Å². The number of amides is 4. The van der Waals surface area contributed by atoms with Crippen LogP contribution in [0.15, 0.2) is 0 Å². The molecule has 0 aromatic carbocycles. The Balaban J connectivity index is 2.10. The number of carbonyl (C=O) groups excluding carboxylic acids is 3. The summed E-state index contributed by atoms with van der Waals surface area (Å²) in [4.78, 5) is 37.8. The van der Waals surface area contributed by atoms with Crippen LogP contribution < -0.4 is 10.6 Å². The Bertz CT molecular complexity index is 469. The molecule has 1 heterocycles. The molecule has 1 aliphatic carbocycles. The number of urea groups is 1. The molecule has 1 aliphatic heterocycles. The highest BCUT2D eigenvalue weighted by Crippen LogP contribution is 2.38. The fourth-order valence-electron chi connectivity index (χ4n) is 3.24. The van der Waals surface area contributed by atoms with Crippen molar-refractivity contribution in [3.8, 4) is 0 Å². The Kier molecular flexibility index (Phi) is 4.00. The van der Waals surface area contributed by atoms with Gasteiger partial charge in [-0.1, -0.05) is 19.8 Å². The number of imide groups is 1. The van der Waals surface area contributed by atoms with Crippen molar-refractivity contribution < 1.29 is 14.4 Å². The van der Waals surface area contributed by atoms with Crippen molar-refractivity contribution in [1.29, 1.82) is 0 Å². The van der Waals surface area contributed by atoms with Gasteiger partial charge in [0.05, 0.1) is 0 Å². The summed E-state index contributed by atoms with van der Waals surface area (Å²) in [7, 11) is 0. The van der Waals surface area contributed by atoms with Crippen LogP contribution >= 0.6 is 0 Å². The minimum atomic E-state index is -0.794. The fraction of sp³-hybridized carbons (Fsp3) is 0.800. The van der Waals surface area contributed by atoms with E-state index < -0.39 is 11.6 Å². The van der Waals surface area contributed by atoms with Crippen LogP contribution in [0.2, 0.25) is 0 Å². The summed E-state index contributed by atoms with van der Waals surface area (Å²) in [6, 6.07) is -0.446. The molecule has 2 N–H and O–H groups in total. The Morgan fingerprint density at radius 2 is 2.05 bits per heavy atom. The molecular weight excluding hydrogens is 270 g/mol. The van der Waals surface area contributed by atoms with Crippen LogP contribution in [-0.4, -0.2) is 40.4 Å². The molecule has 2 aliphatic rings. The SMILES string of the molecule is C[C@H]1CCCC[C@]12NC(=O)N(CC(=O)NC(C)(C)C)C2=O. The largest absolute Gasteiger partial charge is 0.350 e. The average Bonchev–Trinajstić information content (AvgIpc) is 2.56. The highest BCUT2D eigenvalue weighted by Gasteiger charge is 2.55. The zero-order valence-electron chi connectivity index (χ0n) is 13.3. The van der Waals surface area contributed by atoms with E-state index in [9.17, 15) is 14.4 Å². The number of nitrogens with one attached hydrogen (secondary N) is 2. The highest BCUT2D eigenvalue weighted by molar-refractivity contribution is 6.09. The number of hydrogen-bond donors (Lipinski definition) is 2. The molecule has 21 heavy (non-hydrogen) atoms. The van der Waals surface area contributed by atoms with Crippen molar-refractivity contribution in [2.45, 2.75) is 64.5 Å². The number of hydrogen-bond acceptors (Lipinski definition) is 3. The van der Waals surface area contributed by atoms with Crippen LogP contribution in [0, 0.1) is 5.92 Å². The monoisotopic (exact) mass is 295 g/mol. The van der Waals surface area contributed by atoms with Gasteiger partial charge in [0.25, 0.3) is 5.91 Å². The predicted molar refractivity (Wildman–Crippen MR) is 78.5 cm³/mol. The van der Waals surface area contributed by atoms with Gasteiger partial charge in [-0.3, -0.25) is 14.5 Å². The van der Waals surface area contributed by atoms with E-state index in [1.165, 1.54) is 0 Å². The van der Waals surface area contributed by atoms with Gasteiger partial charge in [0.1, 0.15) is 12.1 Å². The molecular formula is C15H25N3O3. The third-order valence-electron chi connectivity index (χ3n) is 4.32. The fourth-order valence-corrected chi connectivity index (χ4v) is 3.24. The second kappa shape index (κ2) is 5.31. The summed E-state index contributed by atoms with van der Waals surface area (Å²) >= 11 is 0. The van der Waals surface area contributed by atoms with E-state index in [1.54, 1.807) is 0 Å². The van der Waals surface area contributed by atoms with E-state index >= 15 is 0 Å². The molecule has 2 fully saturated rings. The Labute approximate surface area is 125 Å². The van der Waals surface area contributed by atoms with Crippen LogP contribution in [-0.2, 0) is 9.59 Å². The zero-order chi connectivity index (χ0) is 15.8. The van der Waals surface area contributed by atoms with Gasteiger partial charge in [-0.2, -0.15) is 0 Å². The number of rotatable bonds is 2. The van der Waals surface area contributed by atoms with Crippen LogP contribution in [0.1, 0.15) is 53.4 Å². The predicted octanol–water partition coefficient (Wildman–Crippen LogP) is 1.40. The van der Waals surface area contributed by atoms with Crippen molar-refractivity contribution >= 4 is 17.8 Å². The summed E-state index contributed by atoms with van der Waals surface area (Å²) in [5.74, 6) is -0.450. The summed E-state index contributed by atoms with van der Waals surface area (Å²) < 4.78 is 0. The first-order chi connectivity index (χ1) is 9.66.